The van der Waals surface area contributed by atoms with Gasteiger partial charge in [0.2, 0.25) is 0 Å². The van der Waals surface area contributed by atoms with Crippen molar-refractivity contribution in [2.75, 3.05) is 19.8 Å². The fraction of sp³-hybridized carbons (Fsp3) is 0.889. The Balaban J connectivity index is 3.12. The van der Waals surface area contributed by atoms with Crippen molar-refractivity contribution in [3.8, 4) is 0 Å². The Morgan fingerprint density at radius 1 is 1.38 bits per heavy atom. The van der Waals surface area contributed by atoms with E-state index in [2.05, 4.69) is 6.92 Å². The van der Waals surface area contributed by atoms with Crippen molar-refractivity contribution in [2.24, 2.45) is 5.73 Å². The van der Waals surface area contributed by atoms with E-state index in [0.717, 1.165) is 19.4 Å². The molecule has 0 radical (unpaired) electrons. The van der Waals surface area contributed by atoms with Crippen LogP contribution in [0, 0.1) is 0 Å². The Kier molecular flexibility index (Phi) is 7.63. The molecule has 0 fully saturated rings. The van der Waals surface area contributed by atoms with E-state index in [4.69, 9.17) is 15.2 Å². The van der Waals surface area contributed by atoms with Crippen LogP contribution in [0.3, 0.4) is 0 Å². The molecule has 0 aliphatic carbocycles. The highest BCUT2D eigenvalue weighted by Crippen LogP contribution is 1.89. The zero-order valence-electron chi connectivity index (χ0n) is 8.41. The Bertz CT molecular complexity index is 137. The van der Waals surface area contributed by atoms with Crippen molar-refractivity contribution in [1.29, 1.82) is 0 Å². The molecule has 2 N–H and O–H groups in total. The van der Waals surface area contributed by atoms with Crippen LogP contribution in [-0.2, 0) is 14.3 Å². The van der Waals surface area contributed by atoms with E-state index >= 15 is 0 Å². The van der Waals surface area contributed by atoms with Gasteiger partial charge in [-0.25, -0.2) is 0 Å². The fourth-order valence-corrected chi connectivity index (χ4v) is 0.681. The third-order valence-corrected chi connectivity index (χ3v) is 1.49. The molecule has 0 unspecified atom stereocenters. The van der Waals surface area contributed by atoms with Gasteiger partial charge in [0.25, 0.3) is 0 Å². The Morgan fingerprint density at radius 2 is 2.08 bits per heavy atom. The first-order chi connectivity index (χ1) is 6.18. The summed E-state index contributed by atoms with van der Waals surface area (Å²) >= 11 is 0. The van der Waals surface area contributed by atoms with Crippen LogP contribution >= 0.6 is 0 Å². The van der Waals surface area contributed by atoms with E-state index in [-0.39, 0.29) is 5.97 Å². The van der Waals surface area contributed by atoms with Crippen LogP contribution in [-0.4, -0.2) is 31.8 Å². The number of nitrogens with two attached hydrogens (primary N) is 1. The summed E-state index contributed by atoms with van der Waals surface area (Å²) in [5, 5.41) is 0. The maximum atomic E-state index is 10.8. The second kappa shape index (κ2) is 8.01. The summed E-state index contributed by atoms with van der Waals surface area (Å²) in [5.41, 5.74) is 5.28. The maximum Gasteiger partial charge on any atom is 0.322 e. The Labute approximate surface area is 79.4 Å². The number of hydrogen-bond acceptors (Lipinski definition) is 4. The van der Waals surface area contributed by atoms with Gasteiger partial charge < -0.3 is 15.2 Å². The molecular weight excluding hydrogens is 170 g/mol. The predicted octanol–water partition coefficient (Wildman–Crippen LogP) is 0.694. The minimum absolute atomic E-state index is 0.296. The van der Waals surface area contributed by atoms with Crippen LogP contribution < -0.4 is 5.73 Å². The fourth-order valence-electron chi connectivity index (χ4n) is 0.681. The third kappa shape index (κ3) is 7.74. The van der Waals surface area contributed by atoms with Crippen molar-refractivity contribution in [1.82, 2.24) is 0 Å². The molecule has 0 aromatic heterocycles. The lowest BCUT2D eigenvalue weighted by molar-refractivity contribution is -0.146. The average Bonchev–Trinajstić information content (AvgIpc) is 2.10. The first kappa shape index (κ1) is 12.4. The highest BCUT2D eigenvalue weighted by Gasteiger charge is 2.07. The second-order valence-electron chi connectivity index (χ2n) is 2.92. The number of unbranched alkanes of at least 4 members (excludes halogenated alkanes) is 1. The molecule has 13 heavy (non-hydrogen) atoms. The minimum Gasteiger partial charge on any atom is -0.462 e. The lowest BCUT2D eigenvalue weighted by Crippen LogP contribution is -2.29. The smallest absolute Gasteiger partial charge is 0.322 e. The molecule has 0 spiro atoms. The molecule has 0 aliphatic rings. The van der Waals surface area contributed by atoms with Crippen molar-refractivity contribution in [3.05, 3.63) is 0 Å². The number of esters is 1. The number of carbonyl (C=O) groups excluding carboxylic acids is 1. The third-order valence-electron chi connectivity index (χ3n) is 1.49. The lowest BCUT2D eigenvalue weighted by atomic mass is 10.4. The average molecular weight is 189 g/mol. The summed E-state index contributed by atoms with van der Waals surface area (Å²) in [5.74, 6) is -0.376. The summed E-state index contributed by atoms with van der Waals surface area (Å²) in [6.45, 7) is 5.18. The first-order valence-corrected chi connectivity index (χ1v) is 4.68. The van der Waals surface area contributed by atoms with Gasteiger partial charge >= 0.3 is 5.97 Å². The molecule has 0 saturated carbocycles. The van der Waals surface area contributed by atoms with Crippen molar-refractivity contribution < 1.29 is 14.3 Å². The van der Waals surface area contributed by atoms with Crippen LogP contribution in [0.2, 0.25) is 0 Å². The Morgan fingerprint density at radius 3 is 2.62 bits per heavy atom. The summed E-state index contributed by atoms with van der Waals surface area (Å²) in [4.78, 5) is 10.8. The monoisotopic (exact) mass is 189 g/mol. The first-order valence-electron chi connectivity index (χ1n) is 4.68. The van der Waals surface area contributed by atoms with Crippen LogP contribution in [0.25, 0.3) is 0 Å². The molecule has 4 nitrogen and oxygen atoms in total. The van der Waals surface area contributed by atoms with Crippen molar-refractivity contribution in [2.45, 2.75) is 32.7 Å². The van der Waals surface area contributed by atoms with Crippen LogP contribution in [0.1, 0.15) is 26.7 Å². The zero-order chi connectivity index (χ0) is 10.1. The van der Waals surface area contributed by atoms with E-state index in [1.807, 2.05) is 0 Å². The molecule has 0 saturated heterocycles. The molecule has 0 bridgehead atoms. The molecule has 0 aliphatic heterocycles. The topological polar surface area (TPSA) is 61.5 Å². The molecule has 0 aromatic rings. The molecule has 78 valence electrons. The molecule has 4 heteroatoms. The zero-order valence-corrected chi connectivity index (χ0v) is 8.41. The number of rotatable bonds is 7. The molecule has 0 aromatic carbocycles. The molecule has 1 atom stereocenters. The highest BCUT2D eigenvalue weighted by atomic mass is 16.6. The van der Waals surface area contributed by atoms with Gasteiger partial charge in [0.05, 0.1) is 6.61 Å². The molecule has 0 rings (SSSR count). The number of hydrogen-bond donors (Lipinski definition) is 1. The predicted molar refractivity (Wildman–Crippen MR) is 50.3 cm³/mol. The van der Waals surface area contributed by atoms with Gasteiger partial charge in [0.1, 0.15) is 12.6 Å². The SMILES string of the molecule is CCCCOCCOC(=O)[C@H](C)N. The van der Waals surface area contributed by atoms with Crippen LogP contribution in [0.5, 0.6) is 0 Å². The standard InChI is InChI=1S/C9H19NO3/c1-3-4-5-12-6-7-13-9(11)8(2)10/h8H,3-7,10H2,1-2H3/t8-/m0/s1. The largest absolute Gasteiger partial charge is 0.462 e. The summed E-state index contributed by atoms with van der Waals surface area (Å²) in [7, 11) is 0. The van der Waals surface area contributed by atoms with Gasteiger partial charge in [0, 0.05) is 6.61 Å². The van der Waals surface area contributed by atoms with E-state index in [1.165, 1.54) is 0 Å². The summed E-state index contributed by atoms with van der Waals surface area (Å²) in [6, 6.07) is -0.546. The van der Waals surface area contributed by atoms with Crippen molar-refractivity contribution in [3.63, 3.8) is 0 Å². The highest BCUT2D eigenvalue weighted by molar-refractivity contribution is 5.74. The van der Waals surface area contributed by atoms with Gasteiger partial charge in [-0.05, 0) is 13.3 Å². The van der Waals surface area contributed by atoms with Crippen LogP contribution in [0.4, 0.5) is 0 Å². The summed E-state index contributed by atoms with van der Waals surface area (Å²) < 4.78 is 9.98. The molecule has 0 heterocycles. The van der Waals surface area contributed by atoms with E-state index < -0.39 is 6.04 Å². The summed E-state index contributed by atoms with van der Waals surface area (Å²) in [6.07, 6.45) is 2.15. The van der Waals surface area contributed by atoms with Gasteiger partial charge in [-0.2, -0.15) is 0 Å². The quantitative estimate of drug-likeness (QED) is 0.473. The number of carbonyl (C=O) groups is 1. The van der Waals surface area contributed by atoms with Gasteiger partial charge in [-0.3, -0.25) is 4.79 Å². The van der Waals surface area contributed by atoms with Gasteiger partial charge in [0.15, 0.2) is 0 Å². The Hall–Kier alpha value is -0.610. The van der Waals surface area contributed by atoms with E-state index in [0.29, 0.717) is 13.2 Å². The maximum absolute atomic E-state index is 10.8. The van der Waals surface area contributed by atoms with Gasteiger partial charge in [-0.15, -0.1) is 0 Å². The normalized spacial score (nSPS) is 12.5. The number of ether oxygens (including phenoxy) is 2. The second-order valence-corrected chi connectivity index (χ2v) is 2.92. The van der Waals surface area contributed by atoms with E-state index in [1.54, 1.807) is 6.92 Å². The van der Waals surface area contributed by atoms with Gasteiger partial charge in [-0.1, -0.05) is 13.3 Å². The lowest BCUT2D eigenvalue weighted by Gasteiger charge is -2.07. The van der Waals surface area contributed by atoms with Crippen molar-refractivity contribution >= 4 is 5.97 Å². The molecular formula is C9H19NO3. The minimum atomic E-state index is -0.546. The molecule has 0 amide bonds. The van der Waals surface area contributed by atoms with E-state index in [9.17, 15) is 4.79 Å². The van der Waals surface area contributed by atoms with Crippen LogP contribution in [0.15, 0.2) is 0 Å².